The Balaban J connectivity index is 0.00000147. The minimum atomic E-state index is -0.694. The van der Waals surface area contributed by atoms with E-state index in [1.165, 1.54) is 12.1 Å². The molecule has 96 valence electrons. The number of hydrogen-bond donors (Lipinski definition) is 3. The van der Waals surface area contributed by atoms with E-state index in [0.717, 1.165) is 6.07 Å². The predicted octanol–water partition coefficient (Wildman–Crippen LogP) is 0.930. The Bertz CT molecular complexity index is 751. The Morgan fingerprint density at radius 3 is 1.80 bits per heavy atom. The summed E-state index contributed by atoms with van der Waals surface area (Å²) >= 11 is 0. The molecule has 0 heterocycles. The molecule has 0 saturated heterocycles. The Morgan fingerprint density at radius 1 is 0.750 bits per heavy atom. The second-order valence-corrected chi connectivity index (χ2v) is 4.22. The summed E-state index contributed by atoms with van der Waals surface area (Å²) in [5.41, 5.74) is -0.333. The average Bonchev–Trinajstić information content (AvgIpc) is 2.40. The van der Waals surface area contributed by atoms with Crippen LogP contribution in [0.15, 0.2) is 30.3 Å². The van der Waals surface area contributed by atoms with Crippen molar-refractivity contribution < 1.29 is 24.9 Å². The molecule has 3 N–H and O–H groups in total. The van der Waals surface area contributed by atoms with Gasteiger partial charge in [0.15, 0.2) is 23.1 Å². The van der Waals surface area contributed by atoms with Crippen LogP contribution in [0.4, 0.5) is 0 Å². The number of fused-ring (bicyclic) bond motifs is 2. The molecule has 0 spiro atoms. The number of aromatic hydroxyl groups is 3. The molecule has 3 rings (SSSR count). The second kappa shape index (κ2) is 4.71. The monoisotopic (exact) mass is 264 g/mol. The molecule has 2 aromatic rings. The van der Waals surface area contributed by atoms with Gasteiger partial charge in [-0.05, 0) is 0 Å². The number of carbonyl (C=O) groups excluding carboxylic acids is 2. The fourth-order valence-corrected chi connectivity index (χ4v) is 2.24. The summed E-state index contributed by atoms with van der Waals surface area (Å²) in [4.78, 5) is 24.5. The van der Waals surface area contributed by atoms with Crippen LogP contribution in [0.5, 0.6) is 17.2 Å². The molecule has 1 aliphatic carbocycles. The first kappa shape index (κ1) is 14.2. The van der Waals surface area contributed by atoms with E-state index in [9.17, 15) is 24.9 Å². The number of carbonyl (C=O) groups is 2. The third-order valence-corrected chi connectivity index (χ3v) is 3.13. The van der Waals surface area contributed by atoms with E-state index >= 15 is 0 Å². The Kier molecular flexibility index (Phi) is 3.34. The molecule has 0 radical (unpaired) electrons. The second-order valence-electron chi connectivity index (χ2n) is 4.22. The van der Waals surface area contributed by atoms with Crippen LogP contribution in [0.25, 0.3) is 0 Å². The van der Waals surface area contributed by atoms with Crippen molar-refractivity contribution in [1.29, 1.82) is 0 Å². The van der Waals surface area contributed by atoms with E-state index in [0.29, 0.717) is 0 Å². The summed E-state index contributed by atoms with van der Waals surface area (Å²) in [5.74, 6) is -3.03. The van der Waals surface area contributed by atoms with Crippen LogP contribution in [0.1, 0.15) is 31.8 Å². The van der Waals surface area contributed by atoms with Crippen LogP contribution < -0.4 is 0 Å². The summed E-state index contributed by atoms with van der Waals surface area (Å²) in [6.07, 6.45) is 0. The maximum absolute atomic E-state index is 12.2. The molecule has 0 saturated carbocycles. The molecule has 0 fully saturated rings. The van der Waals surface area contributed by atoms with E-state index < -0.39 is 28.8 Å². The number of hydrogen-bond acceptors (Lipinski definition) is 5. The van der Waals surface area contributed by atoms with Gasteiger partial charge in [-0.3, -0.25) is 9.59 Å². The van der Waals surface area contributed by atoms with Gasteiger partial charge in [-0.15, -0.1) is 0 Å². The molecular weight excluding hydrogens is 255 g/mol. The van der Waals surface area contributed by atoms with Gasteiger partial charge >= 0.3 is 18.9 Å². The van der Waals surface area contributed by atoms with Gasteiger partial charge in [0.1, 0.15) is 5.75 Å². The third-order valence-electron chi connectivity index (χ3n) is 3.13. The predicted molar refractivity (Wildman–Crippen MR) is 71.9 cm³/mol. The Morgan fingerprint density at radius 2 is 1.25 bits per heavy atom. The fourth-order valence-electron chi connectivity index (χ4n) is 2.24. The first-order valence-electron chi connectivity index (χ1n) is 5.48. The quantitative estimate of drug-likeness (QED) is 0.319. The van der Waals surface area contributed by atoms with Crippen molar-refractivity contribution in [3.8, 4) is 17.2 Å². The van der Waals surface area contributed by atoms with Gasteiger partial charge in [0, 0.05) is 17.2 Å². The molecule has 20 heavy (non-hydrogen) atoms. The maximum atomic E-state index is 12.2. The van der Waals surface area contributed by atoms with Crippen molar-refractivity contribution in [2.75, 3.05) is 0 Å². The third kappa shape index (κ3) is 1.72. The number of rotatable bonds is 0. The summed E-state index contributed by atoms with van der Waals surface area (Å²) in [7, 11) is 0. The first-order chi connectivity index (χ1) is 9.02. The molecule has 0 aromatic heterocycles. The summed E-state index contributed by atoms with van der Waals surface area (Å²) in [5, 5.41) is 28.9. The number of benzene rings is 2. The van der Waals surface area contributed by atoms with Gasteiger partial charge in [-0.1, -0.05) is 24.3 Å². The number of ketones is 2. The molecule has 0 bridgehead atoms. The van der Waals surface area contributed by atoms with Crippen molar-refractivity contribution in [1.82, 2.24) is 0 Å². The molecule has 0 unspecified atom stereocenters. The van der Waals surface area contributed by atoms with Gasteiger partial charge in [0.2, 0.25) is 0 Å². The van der Waals surface area contributed by atoms with Gasteiger partial charge < -0.3 is 15.3 Å². The van der Waals surface area contributed by atoms with Gasteiger partial charge in [-0.2, -0.15) is 0 Å². The molecule has 0 atom stereocenters. The minimum absolute atomic E-state index is 0. The van der Waals surface area contributed by atoms with Crippen molar-refractivity contribution in [3.63, 3.8) is 0 Å². The van der Waals surface area contributed by atoms with Crippen LogP contribution in [-0.2, 0) is 0 Å². The van der Waals surface area contributed by atoms with Crippen molar-refractivity contribution in [2.45, 2.75) is 0 Å². The zero-order chi connectivity index (χ0) is 13.7. The normalized spacial score (nSPS) is 12.4. The number of phenols is 3. The zero-order valence-corrected chi connectivity index (χ0v) is 9.54. The van der Waals surface area contributed by atoms with Crippen molar-refractivity contribution in [3.05, 3.63) is 52.6 Å². The molecular formula is C14H9LiO5. The topological polar surface area (TPSA) is 94.8 Å². The van der Waals surface area contributed by atoms with E-state index in [1.807, 2.05) is 0 Å². The summed E-state index contributed by atoms with van der Waals surface area (Å²) < 4.78 is 0. The van der Waals surface area contributed by atoms with E-state index in [2.05, 4.69) is 0 Å². The van der Waals surface area contributed by atoms with Crippen LogP contribution in [0.3, 0.4) is 0 Å². The standard InChI is InChI=1S/C14H8O5.Li.H/c15-8-5-9(16)14(19)11-10(8)12(17)6-3-1-2-4-7(6)13(11)18;;/h1-5,15-16,19H;;. The first-order valence-corrected chi connectivity index (χ1v) is 5.48. The zero-order valence-electron chi connectivity index (χ0n) is 9.54. The van der Waals surface area contributed by atoms with Crippen LogP contribution in [-0.4, -0.2) is 45.7 Å². The van der Waals surface area contributed by atoms with Crippen LogP contribution in [0.2, 0.25) is 0 Å². The van der Waals surface area contributed by atoms with Crippen molar-refractivity contribution >= 4 is 30.4 Å². The van der Waals surface area contributed by atoms with Crippen molar-refractivity contribution in [2.24, 2.45) is 0 Å². The van der Waals surface area contributed by atoms with Crippen LogP contribution in [0, 0.1) is 0 Å². The molecule has 5 nitrogen and oxygen atoms in total. The van der Waals surface area contributed by atoms with Gasteiger partial charge in [0.05, 0.1) is 11.1 Å². The molecule has 1 aliphatic rings. The Labute approximate surface area is 125 Å². The number of phenolic OH excluding ortho intramolecular Hbond substituents is 3. The van der Waals surface area contributed by atoms with E-state index in [4.69, 9.17) is 0 Å². The molecule has 0 amide bonds. The van der Waals surface area contributed by atoms with Gasteiger partial charge in [-0.25, -0.2) is 0 Å². The molecule has 6 heteroatoms. The summed E-state index contributed by atoms with van der Waals surface area (Å²) in [6, 6.07) is 6.97. The molecule has 0 aliphatic heterocycles. The van der Waals surface area contributed by atoms with Crippen LogP contribution >= 0.6 is 0 Å². The SMILES string of the molecule is O=C1c2ccccc2C(=O)c2c(O)c(O)cc(O)c21.[LiH]. The fraction of sp³-hybridized carbons (Fsp3) is 0. The summed E-state index contributed by atoms with van der Waals surface area (Å²) in [6.45, 7) is 0. The Hall–Kier alpha value is -2.22. The van der Waals surface area contributed by atoms with Gasteiger partial charge in [0.25, 0.3) is 0 Å². The van der Waals surface area contributed by atoms with E-state index in [1.54, 1.807) is 12.1 Å². The van der Waals surface area contributed by atoms with E-state index in [-0.39, 0.29) is 41.1 Å². The molecule has 2 aromatic carbocycles. The average molecular weight is 264 g/mol.